The van der Waals surface area contributed by atoms with Gasteiger partial charge in [-0.2, -0.15) is 5.10 Å². The maximum absolute atomic E-state index is 12.1. The van der Waals surface area contributed by atoms with E-state index >= 15 is 0 Å². The van der Waals surface area contributed by atoms with Crippen LogP contribution in [-0.4, -0.2) is 38.6 Å². The van der Waals surface area contributed by atoms with Crippen molar-refractivity contribution in [3.8, 4) is 11.1 Å². The first kappa shape index (κ1) is 19.7. The minimum absolute atomic E-state index is 0.243. The van der Waals surface area contributed by atoms with Gasteiger partial charge in [0.05, 0.1) is 17.9 Å². The summed E-state index contributed by atoms with van der Waals surface area (Å²) in [6.45, 7) is 4.16. The molecule has 154 valence electrons. The number of aromatic carboxylic acids is 1. The van der Waals surface area contributed by atoms with Gasteiger partial charge in [0.15, 0.2) is 0 Å². The summed E-state index contributed by atoms with van der Waals surface area (Å²) >= 11 is 0. The van der Waals surface area contributed by atoms with Crippen LogP contribution in [0.2, 0.25) is 0 Å². The molecule has 4 rings (SSSR count). The Balaban J connectivity index is 1.78. The molecule has 0 amide bonds. The molecule has 3 aromatic rings. The number of aromatic nitrogens is 3. The molecule has 0 radical (unpaired) electrons. The number of rotatable bonds is 5. The van der Waals surface area contributed by atoms with Gasteiger partial charge in [0, 0.05) is 48.6 Å². The number of carbonyl (C=O) groups is 1. The third-order valence-corrected chi connectivity index (χ3v) is 6.64. The van der Waals surface area contributed by atoms with Crippen LogP contribution >= 0.6 is 0 Å². The molecule has 0 unspecified atom stereocenters. The molecule has 1 atom stereocenters. The number of hydrogen-bond acceptors (Lipinski definition) is 3. The zero-order valence-corrected chi connectivity index (χ0v) is 17.6. The predicted molar refractivity (Wildman–Crippen MR) is 113 cm³/mol. The Hall–Kier alpha value is -2.60. The van der Waals surface area contributed by atoms with Crippen LogP contribution in [0.3, 0.4) is 0 Å². The van der Waals surface area contributed by atoms with Crippen molar-refractivity contribution in [2.24, 2.45) is 13.0 Å². The molecule has 1 aliphatic carbocycles. The maximum atomic E-state index is 12.1. The Kier molecular flexibility index (Phi) is 5.21. The van der Waals surface area contributed by atoms with Crippen molar-refractivity contribution >= 4 is 16.9 Å². The lowest BCUT2D eigenvalue weighted by Crippen LogP contribution is -2.26. The number of benzene rings is 1. The van der Waals surface area contributed by atoms with Crippen LogP contribution in [0.4, 0.5) is 0 Å². The first-order valence-electron chi connectivity index (χ1n) is 10.3. The van der Waals surface area contributed by atoms with Crippen LogP contribution in [-0.2, 0) is 11.8 Å². The fourth-order valence-corrected chi connectivity index (χ4v) is 5.00. The normalized spacial score (nSPS) is 20.8. The number of ether oxygens (including phenoxy) is 1. The Morgan fingerprint density at radius 2 is 1.97 bits per heavy atom. The van der Waals surface area contributed by atoms with E-state index in [9.17, 15) is 9.90 Å². The fraction of sp³-hybridized carbons (Fsp3) is 0.478. The molecule has 1 saturated carbocycles. The Morgan fingerprint density at radius 3 is 2.55 bits per heavy atom. The molecule has 2 aromatic heterocycles. The van der Waals surface area contributed by atoms with E-state index in [1.54, 1.807) is 11.8 Å². The summed E-state index contributed by atoms with van der Waals surface area (Å²) in [5.74, 6) is -0.347. The highest BCUT2D eigenvalue weighted by atomic mass is 16.5. The number of carboxylic acids is 1. The summed E-state index contributed by atoms with van der Waals surface area (Å²) in [5.41, 5.74) is 4.20. The summed E-state index contributed by atoms with van der Waals surface area (Å²) in [6, 6.07) is 6.37. The molecule has 6 heteroatoms. The van der Waals surface area contributed by atoms with E-state index in [0.29, 0.717) is 17.6 Å². The SMILES string of the molecule is COC1CCC([C@@H](C)n2c(C)c(C(=O)O)c3cc(-c4cnn(C)c4)ccc32)CC1. The second-order valence-corrected chi connectivity index (χ2v) is 8.28. The molecule has 29 heavy (non-hydrogen) atoms. The van der Waals surface area contributed by atoms with Crippen molar-refractivity contribution in [1.29, 1.82) is 0 Å². The fourth-order valence-electron chi connectivity index (χ4n) is 5.00. The van der Waals surface area contributed by atoms with Crippen molar-refractivity contribution in [3.63, 3.8) is 0 Å². The summed E-state index contributed by atoms with van der Waals surface area (Å²) < 4.78 is 9.52. The van der Waals surface area contributed by atoms with Crippen LogP contribution in [0.25, 0.3) is 22.0 Å². The molecule has 0 saturated heterocycles. The smallest absolute Gasteiger partial charge is 0.338 e. The Morgan fingerprint density at radius 1 is 1.24 bits per heavy atom. The van der Waals surface area contributed by atoms with Crippen molar-refractivity contribution in [1.82, 2.24) is 14.3 Å². The van der Waals surface area contributed by atoms with Gasteiger partial charge < -0.3 is 14.4 Å². The predicted octanol–water partition coefficient (Wildman–Crippen LogP) is 4.81. The average molecular weight is 396 g/mol. The van der Waals surface area contributed by atoms with Gasteiger partial charge in [0.1, 0.15) is 0 Å². The summed E-state index contributed by atoms with van der Waals surface area (Å²) in [7, 11) is 3.67. The van der Waals surface area contributed by atoms with Crippen LogP contribution in [0.1, 0.15) is 54.7 Å². The molecule has 0 aliphatic heterocycles. The molecule has 2 heterocycles. The maximum Gasteiger partial charge on any atom is 0.338 e. The number of methoxy groups -OCH3 is 1. The van der Waals surface area contributed by atoms with Crippen LogP contribution < -0.4 is 0 Å². The average Bonchev–Trinajstić information content (AvgIpc) is 3.27. The molecule has 1 aromatic carbocycles. The van der Waals surface area contributed by atoms with Gasteiger partial charge in [-0.15, -0.1) is 0 Å². The summed E-state index contributed by atoms with van der Waals surface area (Å²) in [6.07, 6.45) is 8.47. The molecule has 1 N–H and O–H groups in total. The first-order valence-corrected chi connectivity index (χ1v) is 10.3. The largest absolute Gasteiger partial charge is 0.478 e. The third-order valence-electron chi connectivity index (χ3n) is 6.64. The second-order valence-electron chi connectivity index (χ2n) is 8.28. The minimum atomic E-state index is -0.870. The lowest BCUT2D eigenvalue weighted by atomic mass is 9.83. The van der Waals surface area contributed by atoms with E-state index in [1.807, 2.05) is 32.4 Å². The molecule has 1 fully saturated rings. The van der Waals surface area contributed by atoms with E-state index in [1.165, 1.54) is 0 Å². The Labute approximate surface area is 171 Å². The van der Waals surface area contributed by atoms with Gasteiger partial charge in [-0.05, 0) is 63.1 Å². The van der Waals surface area contributed by atoms with Gasteiger partial charge >= 0.3 is 5.97 Å². The number of fused-ring (bicyclic) bond motifs is 1. The highest BCUT2D eigenvalue weighted by Gasteiger charge is 2.30. The molecule has 0 bridgehead atoms. The molecular weight excluding hydrogens is 366 g/mol. The van der Waals surface area contributed by atoms with Gasteiger partial charge in [-0.25, -0.2) is 4.79 Å². The van der Waals surface area contributed by atoms with Crippen LogP contribution in [0.5, 0.6) is 0 Å². The zero-order valence-electron chi connectivity index (χ0n) is 17.6. The van der Waals surface area contributed by atoms with E-state index in [2.05, 4.69) is 28.7 Å². The monoisotopic (exact) mass is 395 g/mol. The van der Waals surface area contributed by atoms with E-state index in [0.717, 1.165) is 53.4 Å². The standard InChI is InChI=1S/C23H29N3O3/c1-14(16-5-8-19(29-4)9-6-16)26-15(2)22(23(27)28)20-11-17(7-10-21(20)26)18-12-24-25(3)13-18/h7,10-14,16,19H,5-6,8-9H2,1-4H3,(H,27,28)/t14-,16?,19?/m1/s1. The van der Waals surface area contributed by atoms with Crippen LogP contribution in [0, 0.1) is 12.8 Å². The van der Waals surface area contributed by atoms with E-state index in [-0.39, 0.29) is 6.04 Å². The highest BCUT2D eigenvalue weighted by molar-refractivity contribution is 6.06. The summed E-state index contributed by atoms with van der Waals surface area (Å²) in [4.78, 5) is 12.1. The van der Waals surface area contributed by atoms with Gasteiger partial charge in [0.25, 0.3) is 0 Å². The Bertz CT molecular complexity index is 1040. The van der Waals surface area contributed by atoms with Crippen molar-refractivity contribution < 1.29 is 14.6 Å². The number of aryl methyl sites for hydroxylation is 1. The lowest BCUT2D eigenvalue weighted by Gasteiger charge is -2.33. The van der Waals surface area contributed by atoms with Gasteiger partial charge in [-0.3, -0.25) is 4.68 Å². The van der Waals surface area contributed by atoms with Crippen molar-refractivity contribution in [3.05, 3.63) is 41.9 Å². The van der Waals surface area contributed by atoms with Crippen molar-refractivity contribution in [2.45, 2.75) is 51.7 Å². The first-order chi connectivity index (χ1) is 13.9. The van der Waals surface area contributed by atoms with E-state index < -0.39 is 5.97 Å². The topological polar surface area (TPSA) is 69.3 Å². The molecule has 0 spiro atoms. The molecular formula is C23H29N3O3. The third kappa shape index (κ3) is 3.46. The number of carboxylic acid groups (broad SMARTS) is 1. The molecule has 1 aliphatic rings. The highest BCUT2D eigenvalue weighted by Crippen LogP contribution is 2.39. The van der Waals surface area contributed by atoms with Gasteiger partial charge in [0.2, 0.25) is 0 Å². The van der Waals surface area contributed by atoms with Gasteiger partial charge in [-0.1, -0.05) is 6.07 Å². The number of hydrogen-bond donors (Lipinski definition) is 1. The molecule has 6 nitrogen and oxygen atoms in total. The quantitative estimate of drug-likeness (QED) is 0.673. The van der Waals surface area contributed by atoms with Crippen molar-refractivity contribution in [2.75, 3.05) is 7.11 Å². The number of nitrogens with zero attached hydrogens (tertiary/aromatic N) is 3. The van der Waals surface area contributed by atoms with E-state index in [4.69, 9.17) is 4.74 Å². The second kappa shape index (κ2) is 7.67. The summed E-state index contributed by atoms with van der Waals surface area (Å²) in [5, 5.41) is 15.0. The van der Waals surface area contributed by atoms with Crippen LogP contribution in [0.15, 0.2) is 30.6 Å². The lowest BCUT2D eigenvalue weighted by molar-refractivity contribution is 0.0492. The zero-order chi connectivity index (χ0) is 20.7. The minimum Gasteiger partial charge on any atom is -0.478 e.